The van der Waals surface area contributed by atoms with E-state index >= 15 is 0 Å². The van der Waals surface area contributed by atoms with E-state index in [-0.39, 0.29) is 6.61 Å². The van der Waals surface area contributed by atoms with Crippen molar-refractivity contribution in [1.29, 1.82) is 0 Å². The Hall–Kier alpha value is -1.09. The van der Waals surface area contributed by atoms with E-state index < -0.39 is 0 Å². The Morgan fingerprint density at radius 1 is 1.64 bits per heavy atom. The molecule has 0 spiro atoms. The molecule has 0 saturated carbocycles. The van der Waals surface area contributed by atoms with Gasteiger partial charge in [-0.2, -0.15) is 0 Å². The summed E-state index contributed by atoms with van der Waals surface area (Å²) in [4.78, 5) is 3.94. The molecule has 11 heavy (non-hydrogen) atoms. The van der Waals surface area contributed by atoms with Gasteiger partial charge in [-0.15, -0.1) is 0 Å². The third-order valence-electron chi connectivity index (χ3n) is 1.62. The van der Waals surface area contributed by atoms with Crippen LogP contribution in [0.1, 0.15) is 18.1 Å². The van der Waals surface area contributed by atoms with Crippen LogP contribution in [0.4, 0.5) is 5.82 Å². The van der Waals surface area contributed by atoms with Crippen molar-refractivity contribution in [2.75, 3.05) is 5.73 Å². The number of nitrogens with zero attached hydrogens (tertiary/aromatic N) is 1. The molecule has 3 nitrogen and oxygen atoms in total. The summed E-state index contributed by atoms with van der Waals surface area (Å²) in [5.41, 5.74) is 7.37. The van der Waals surface area contributed by atoms with E-state index in [0.29, 0.717) is 5.82 Å². The van der Waals surface area contributed by atoms with Crippen molar-refractivity contribution >= 4 is 5.82 Å². The summed E-state index contributed by atoms with van der Waals surface area (Å²) in [7, 11) is 0. The average molecular weight is 152 g/mol. The van der Waals surface area contributed by atoms with Gasteiger partial charge in [-0.25, -0.2) is 4.98 Å². The van der Waals surface area contributed by atoms with Crippen molar-refractivity contribution in [3.8, 4) is 0 Å². The lowest BCUT2D eigenvalue weighted by Crippen LogP contribution is -1.98. The number of aliphatic hydroxyl groups excluding tert-OH is 1. The lowest BCUT2D eigenvalue weighted by Gasteiger charge is -2.02. The SMILES string of the molecule is CCc1cc(CO)cnc1N. The summed E-state index contributed by atoms with van der Waals surface area (Å²) in [6.45, 7) is 2.04. The molecule has 0 radical (unpaired) electrons. The molecule has 1 aromatic rings. The highest BCUT2D eigenvalue weighted by Crippen LogP contribution is 2.10. The lowest BCUT2D eigenvalue weighted by molar-refractivity contribution is 0.281. The quantitative estimate of drug-likeness (QED) is 0.656. The molecule has 1 aromatic heterocycles. The number of rotatable bonds is 2. The van der Waals surface area contributed by atoms with E-state index in [1.807, 2.05) is 13.0 Å². The van der Waals surface area contributed by atoms with Gasteiger partial charge in [-0.1, -0.05) is 6.92 Å². The Balaban J connectivity index is 3.02. The topological polar surface area (TPSA) is 59.1 Å². The fourth-order valence-electron chi connectivity index (χ4n) is 0.940. The summed E-state index contributed by atoms with van der Waals surface area (Å²) >= 11 is 0. The number of nitrogen functional groups attached to an aromatic ring is 1. The Bertz CT molecular complexity index is 248. The molecule has 0 saturated heterocycles. The van der Waals surface area contributed by atoms with Gasteiger partial charge in [0.2, 0.25) is 0 Å². The predicted molar refractivity (Wildman–Crippen MR) is 44.0 cm³/mol. The zero-order chi connectivity index (χ0) is 8.27. The number of aliphatic hydroxyl groups is 1. The van der Waals surface area contributed by atoms with Crippen LogP contribution < -0.4 is 5.73 Å². The molecule has 0 fully saturated rings. The average Bonchev–Trinajstić information content (AvgIpc) is 2.05. The number of pyridine rings is 1. The van der Waals surface area contributed by atoms with Crippen molar-refractivity contribution in [1.82, 2.24) is 4.98 Å². The molecule has 0 atom stereocenters. The maximum Gasteiger partial charge on any atom is 0.126 e. The van der Waals surface area contributed by atoms with Gasteiger partial charge in [0.25, 0.3) is 0 Å². The molecular weight excluding hydrogens is 140 g/mol. The molecular formula is C8H12N2O. The summed E-state index contributed by atoms with van der Waals surface area (Å²) in [5.74, 6) is 0.560. The first-order valence-corrected chi connectivity index (χ1v) is 3.62. The number of anilines is 1. The first kappa shape index (κ1) is 8.01. The number of aryl methyl sites for hydroxylation is 1. The molecule has 0 bridgehead atoms. The first-order valence-electron chi connectivity index (χ1n) is 3.62. The minimum Gasteiger partial charge on any atom is -0.392 e. The smallest absolute Gasteiger partial charge is 0.126 e. The lowest BCUT2D eigenvalue weighted by atomic mass is 10.1. The molecule has 1 heterocycles. The molecule has 0 aliphatic carbocycles. The summed E-state index contributed by atoms with van der Waals surface area (Å²) < 4.78 is 0. The minimum atomic E-state index is 0.0281. The molecule has 3 heteroatoms. The van der Waals surface area contributed by atoms with Crippen LogP contribution in [0.5, 0.6) is 0 Å². The van der Waals surface area contributed by atoms with Crippen molar-refractivity contribution in [2.45, 2.75) is 20.0 Å². The largest absolute Gasteiger partial charge is 0.392 e. The van der Waals surface area contributed by atoms with Gasteiger partial charge in [0.15, 0.2) is 0 Å². The van der Waals surface area contributed by atoms with Crippen molar-refractivity contribution in [3.05, 3.63) is 23.4 Å². The van der Waals surface area contributed by atoms with Crippen LogP contribution in [0.3, 0.4) is 0 Å². The van der Waals surface area contributed by atoms with E-state index in [0.717, 1.165) is 17.5 Å². The number of hydrogen-bond donors (Lipinski definition) is 2. The van der Waals surface area contributed by atoms with Crippen LogP contribution in [0.15, 0.2) is 12.3 Å². The zero-order valence-electron chi connectivity index (χ0n) is 6.54. The van der Waals surface area contributed by atoms with Crippen LogP contribution in [-0.2, 0) is 13.0 Å². The third-order valence-corrected chi connectivity index (χ3v) is 1.62. The van der Waals surface area contributed by atoms with Gasteiger partial charge in [-0.3, -0.25) is 0 Å². The Labute approximate surface area is 65.9 Å². The van der Waals surface area contributed by atoms with Gasteiger partial charge >= 0.3 is 0 Å². The highest BCUT2D eigenvalue weighted by atomic mass is 16.3. The summed E-state index contributed by atoms with van der Waals surface area (Å²) in [6, 6.07) is 1.88. The monoisotopic (exact) mass is 152 g/mol. The standard InChI is InChI=1S/C8H12N2O/c1-2-7-3-6(5-11)4-10-8(7)9/h3-4,11H,2,5H2,1H3,(H2,9,10). The van der Waals surface area contributed by atoms with Gasteiger partial charge in [0, 0.05) is 6.20 Å². The molecule has 0 amide bonds. The number of aromatic nitrogens is 1. The molecule has 0 unspecified atom stereocenters. The van der Waals surface area contributed by atoms with E-state index in [9.17, 15) is 0 Å². The second kappa shape index (κ2) is 3.34. The van der Waals surface area contributed by atoms with Gasteiger partial charge in [0.1, 0.15) is 5.82 Å². The maximum atomic E-state index is 8.77. The van der Waals surface area contributed by atoms with Crippen molar-refractivity contribution in [3.63, 3.8) is 0 Å². The Kier molecular flexibility index (Phi) is 2.44. The van der Waals surface area contributed by atoms with Crippen LogP contribution in [0.2, 0.25) is 0 Å². The van der Waals surface area contributed by atoms with Crippen LogP contribution in [-0.4, -0.2) is 10.1 Å². The van der Waals surface area contributed by atoms with Crippen LogP contribution >= 0.6 is 0 Å². The van der Waals surface area contributed by atoms with Crippen molar-refractivity contribution < 1.29 is 5.11 Å². The zero-order valence-corrected chi connectivity index (χ0v) is 6.54. The third kappa shape index (κ3) is 1.68. The van der Waals surface area contributed by atoms with Gasteiger partial charge in [0.05, 0.1) is 6.61 Å². The van der Waals surface area contributed by atoms with E-state index in [4.69, 9.17) is 10.8 Å². The van der Waals surface area contributed by atoms with Crippen molar-refractivity contribution in [2.24, 2.45) is 0 Å². The van der Waals surface area contributed by atoms with Crippen LogP contribution in [0.25, 0.3) is 0 Å². The van der Waals surface area contributed by atoms with Gasteiger partial charge in [-0.05, 0) is 23.6 Å². The summed E-state index contributed by atoms with van der Waals surface area (Å²) in [6.07, 6.45) is 2.45. The number of hydrogen-bond acceptors (Lipinski definition) is 3. The molecule has 3 N–H and O–H groups in total. The summed E-state index contributed by atoms with van der Waals surface area (Å²) in [5, 5.41) is 8.77. The molecule has 0 aliphatic rings. The first-order chi connectivity index (χ1) is 5.27. The maximum absolute atomic E-state index is 8.77. The normalized spacial score (nSPS) is 10.0. The van der Waals surface area contributed by atoms with E-state index in [1.54, 1.807) is 6.20 Å². The predicted octanol–water partition coefficient (Wildman–Crippen LogP) is 0.719. The molecule has 60 valence electrons. The molecule has 1 rings (SSSR count). The van der Waals surface area contributed by atoms with E-state index in [2.05, 4.69) is 4.98 Å². The minimum absolute atomic E-state index is 0.0281. The molecule has 0 aromatic carbocycles. The fraction of sp³-hybridized carbons (Fsp3) is 0.375. The molecule has 0 aliphatic heterocycles. The second-order valence-corrected chi connectivity index (χ2v) is 2.40. The Morgan fingerprint density at radius 3 is 2.91 bits per heavy atom. The highest BCUT2D eigenvalue weighted by molar-refractivity contribution is 5.40. The second-order valence-electron chi connectivity index (χ2n) is 2.40. The van der Waals surface area contributed by atoms with E-state index in [1.165, 1.54) is 0 Å². The Morgan fingerprint density at radius 2 is 2.36 bits per heavy atom. The van der Waals surface area contributed by atoms with Gasteiger partial charge < -0.3 is 10.8 Å². The highest BCUT2D eigenvalue weighted by Gasteiger charge is 1.98. The van der Waals surface area contributed by atoms with Crippen LogP contribution in [0, 0.1) is 0 Å². The number of nitrogens with two attached hydrogens (primary N) is 1. The fourth-order valence-corrected chi connectivity index (χ4v) is 0.940.